The van der Waals surface area contributed by atoms with E-state index in [0.29, 0.717) is 5.41 Å². The van der Waals surface area contributed by atoms with E-state index in [9.17, 15) is 0 Å². The van der Waals surface area contributed by atoms with Crippen molar-refractivity contribution in [3.8, 4) is 0 Å². The molecule has 32 heavy (non-hydrogen) atoms. The molecule has 180 valence electrons. The number of benzene rings is 1. The van der Waals surface area contributed by atoms with Crippen molar-refractivity contribution < 1.29 is 0 Å². The second-order valence-corrected chi connectivity index (χ2v) is 11.9. The molecule has 2 aliphatic heterocycles. The zero-order valence-electron chi connectivity index (χ0n) is 21.5. The van der Waals surface area contributed by atoms with Crippen LogP contribution in [0.1, 0.15) is 97.0 Å². The maximum atomic E-state index is 2.74. The number of piperazine rings is 1. The van der Waals surface area contributed by atoms with Crippen LogP contribution in [-0.4, -0.2) is 50.7 Å². The van der Waals surface area contributed by atoms with Crippen LogP contribution in [0.4, 0.5) is 11.4 Å². The highest BCUT2D eigenvalue weighted by molar-refractivity contribution is 5.65. The van der Waals surface area contributed by atoms with Crippen LogP contribution in [0.3, 0.4) is 0 Å². The first-order chi connectivity index (χ1) is 15.5. The molecule has 0 spiro atoms. The van der Waals surface area contributed by atoms with E-state index in [0.717, 1.165) is 11.8 Å². The van der Waals surface area contributed by atoms with Gasteiger partial charge in [-0.25, -0.2) is 0 Å². The molecule has 2 saturated heterocycles. The standard InChI is InChI=1S/C29H49N3/c1-5-6-16-30-19-21-32(22-20-30)28-23-26(31-17-8-7-9-18-31)14-15-27(28)24-10-12-25(13-11-24)29(2,3)4/h14-15,23-25H,5-13,16-22H2,1-4H3. The van der Waals surface area contributed by atoms with Crippen molar-refractivity contribution in [1.29, 1.82) is 0 Å². The summed E-state index contributed by atoms with van der Waals surface area (Å²) in [5.74, 6) is 1.63. The Labute approximate surface area is 198 Å². The highest BCUT2D eigenvalue weighted by Gasteiger charge is 2.32. The number of anilines is 2. The first-order valence-electron chi connectivity index (χ1n) is 13.8. The largest absolute Gasteiger partial charge is 0.371 e. The van der Waals surface area contributed by atoms with E-state index < -0.39 is 0 Å². The van der Waals surface area contributed by atoms with Gasteiger partial charge >= 0.3 is 0 Å². The van der Waals surface area contributed by atoms with Gasteiger partial charge in [0.15, 0.2) is 0 Å². The van der Waals surface area contributed by atoms with Crippen LogP contribution in [-0.2, 0) is 0 Å². The number of hydrogen-bond donors (Lipinski definition) is 0. The van der Waals surface area contributed by atoms with Crippen molar-refractivity contribution in [1.82, 2.24) is 4.90 Å². The number of rotatable bonds is 6. The zero-order chi connectivity index (χ0) is 22.6. The van der Waals surface area contributed by atoms with Gasteiger partial charge in [0.1, 0.15) is 0 Å². The van der Waals surface area contributed by atoms with Crippen molar-refractivity contribution >= 4 is 11.4 Å². The molecule has 4 rings (SSSR count). The Hall–Kier alpha value is -1.22. The quantitative estimate of drug-likeness (QED) is 0.476. The molecule has 0 amide bonds. The second kappa shape index (κ2) is 10.8. The molecule has 3 fully saturated rings. The first kappa shape index (κ1) is 23.9. The number of nitrogens with zero attached hydrogens (tertiary/aromatic N) is 3. The van der Waals surface area contributed by atoms with Gasteiger partial charge in [0, 0.05) is 50.6 Å². The maximum absolute atomic E-state index is 2.74. The number of hydrogen-bond acceptors (Lipinski definition) is 3. The van der Waals surface area contributed by atoms with E-state index in [4.69, 9.17) is 0 Å². The van der Waals surface area contributed by atoms with Crippen LogP contribution >= 0.6 is 0 Å². The first-order valence-corrected chi connectivity index (χ1v) is 13.8. The van der Waals surface area contributed by atoms with Gasteiger partial charge in [0.25, 0.3) is 0 Å². The maximum Gasteiger partial charge on any atom is 0.0423 e. The molecular weight excluding hydrogens is 390 g/mol. The van der Waals surface area contributed by atoms with Crippen LogP contribution in [0.5, 0.6) is 0 Å². The van der Waals surface area contributed by atoms with Crippen molar-refractivity contribution in [3.63, 3.8) is 0 Å². The second-order valence-electron chi connectivity index (χ2n) is 11.9. The summed E-state index contributed by atoms with van der Waals surface area (Å²) in [6, 6.07) is 7.57. The fraction of sp³-hybridized carbons (Fsp3) is 0.793. The summed E-state index contributed by atoms with van der Waals surface area (Å²) in [7, 11) is 0. The Morgan fingerprint density at radius 1 is 0.812 bits per heavy atom. The average molecular weight is 440 g/mol. The molecule has 1 aromatic rings. The van der Waals surface area contributed by atoms with E-state index in [-0.39, 0.29) is 0 Å². The van der Waals surface area contributed by atoms with E-state index in [2.05, 4.69) is 60.6 Å². The van der Waals surface area contributed by atoms with E-state index in [1.165, 1.54) is 109 Å². The summed E-state index contributed by atoms with van der Waals surface area (Å²) in [6.45, 7) is 18.2. The zero-order valence-corrected chi connectivity index (χ0v) is 21.5. The lowest BCUT2D eigenvalue weighted by Gasteiger charge is -2.41. The predicted octanol–water partition coefficient (Wildman–Crippen LogP) is 6.92. The van der Waals surface area contributed by atoms with Crippen LogP contribution < -0.4 is 9.80 Å². The van der Waals surface area contributed by atoms with Crippen molar-refractivity contribution in [2.45, 2.75) is 91.4 Å². The molecule has 1 saturated carbocycles. The molecule has 3 aliphatic rings. The Bertz CT molecular complexity index is 700. The van der Waals surface area contributed by atoms with Crippen LogP contribution in [0.25, 0.3) is 0 Å². The molecular formula is C29H49N3. The molecule has 1 aromatic carbocycles. The van der Waals surface area contributed by atoms with Crippen molar-refractivity contribution in [3.05, 3.63) is 23.8 Å². The van der Waals surface area contributed by atoms with Crippen molar-refractivity contribution in [2.24, 2.45) is 11.3 Å². The van der Waals surface area contributed by atoms with Gasteiger partial charge in [-0.1, -0.05) is 40.2 Å². The van der Waals surface area contributed by atoms with Crippen LogP contribution in [0.15, 0.2) is 18.2 Å². The smallest absolute Gasteiger partial charge is 0.0423 e. The van der Waals surface area contributed by atoms with E-state index >= 15 is 0 Å². The van der Waals surface area contributed by atoms with Gasteiger partial charge in [-0.3, -0.25) is 4.90 Å². The normalized spacial score (nSPS) is 25.9. The Kier molecular flexibility index (Phi) is 8.08. The van der Waals surface area contributed by atoms with Gasteiger partial charge in [-0.05, 0) is 92.9 Å². The molecule has 2 heterocycles. The Balaban J connectivity index is 1.52. The summed E-state index contributed by atoms with van der Waals surface area (Å²) >= 11 is 0. The predicted molar refractivity (Wildman–Crippen MR) is 140 cm³/mol. The molecule has 0 N–H and O–H groups in total. The van der Waals surface area contributed by atoms with Gasteiger partial charge in [-0.15, -0.1) is 0 Å². The van der Waals surface area contributed by atoms with Crippen LogP contribution in [0, 0.1) is 11.3 Å². The summed E-state index contributed by atoms with van der Waals surface area (Å²) < 4.78 is 0. The van der Waals surface area contributed by atoms with Gasteiger partial charge in [0.05, 0.1) is 0 Å². The fourth-order valence-corrected chi connectivity index (χ4v) is 6.36. The lowest BCUT2D eigenvalue weighted by Crippen LogP contribution is -2.47. The third-order valence-electron chi connectivity index (χ3n) is 8.67. The minimum atomic E-state index is 0.459. The van der Waals surface area contributed by atoms with Crippen LogP contribution in [0.2, 0.25) is 0 Å². The minimum Gasteiger partial charge on any atom is -0.371 e. The molecule has 0 radical (unpaired) electrons. The topological polar surface area (TPSA) is 9.72 Å². The molecule has 0 bridgehead atoms. The number of unbranched alkanes of at least 4 members (excludes halogenated alkanes) is 1. The molecule has 0 unspecified atom stereocenters. The van der Waals surface area contributed by atoms with Gasteiger partial charge in [0.2, 0.25) is 0 Å². The highest BCUT2D eigenvalue weighted by atomic mass is 15.3. The summed E-state index contributed by atoms with van der Waals surface area (Å²) in [4.78, 5) is 8.06. The molecule has 3 heteroatoms. The van der Waals surface area contributed by atoms with Crippen molar-refractivity contribution in [2.75, 3.05) is 55.6 Å². The third kappa shape index (κ3) is 5.82. The molecule has 0 atom stereocenters. The molecule has 0 aromatic heterocycles. The SMILES string of the molecule is CCCCN1CCN(c2cc(N3CCCCC3)ccc2C2CCC(C(C)(C)C)CC2)CC1. The van der Waals surface area contributed by atoms with E-state index in [1.807, 2.05) is 0 Å². The van der Waals surface area contributed by atoms with Gasteiger partial charge < -0.3 is 9.80 Å². The third-order valence-corrected chi connectivity index (χ3v) is 8.67. The molecule has 1 aliphatic carbocycles. The van der Waals surface area contributed by atoms with Gasteiger partial charge in [-0.2, -0.15) is 0 Å². The summed E-state index contributed by atoms with van der Waals surface area (Å²) in [6.07, 6.45) is 12.3. The fourth-order valence-electron chi connectivity index (χ4n) is 6.36. The molecule has 3 nitrogen and oxygen atoms in total. The Morgan fingerprint density at radius 2 is 1.50 bits per heavy atom. The lowest BCUT2D eigenvalue weighted by atomic mass is 9.68. The average Bonchev–Trinajstić information content (AvgIpc) is 2.83. The summed E-state index contributed by atoms with van der Waals surface area (Å²) in [5, 5.41) is 0. The van der Waals surface area contributed by atoms with E-state index in [1.54, 1.807) is 11.3 Å². The highest BCUT2D eigenvalue weighted by Crippen LogP contribution is 2.46. The Morgan fingerprint density at radius 3 is 2.12 bits per heavy atom. The lowest BCUT2D eigenvalue weighted by molar-refractivity contribution is 0.169. The summed E-state index contributed by atoms with van der Waals surface area (Å²) in [5.41, 5.74) is 5.16. The number of piperidine rings is 1. The minimum absolute atomic E-state index is 0.459. The monoisotopic (exact) mass is 439 g/mol.